The molecule has 1 amide bonds. The van der Waals surface area contributed by atoms with Gasteiger partial charge in [-0.2, -0.15) is 0 Å². The van der Waals surface area contributed by atoms with Gasteiger partial charge < -0.3 is 10.0 Å². The summed E-state index contributed by atoms with van der Waals surface area (Å²) in [6.45, 7) is 7.19. The van der Waals surface area contributed by atoms with Crippen LogP contribution < -0.4 is 0 Å². The molecule has 1 saturated heterocycles. The van der Waals surface area contributed by atoms with Gasteiger partial charge in [-0.1, -0.05) is 25.1 Å². The van der Waals surface area contributed by atoms with Crippen LogP contribution in [0.3, 0.4) is 0 Å². The highest BCUT2D eigenvalue weighted by atomic mass is 16.3. The highest BCUT2D eigenvalue weighted by molar-refractivity contribution is 5.95. The van der Waals surface area contributed by atoms with Crippen molar-refractivity contribution >= 4 is 5.91 Å². The van der Waals surface area contributed by atoms with Crippen molar-refractivity contribution in [2.45, 2.75) is 32.4 Å². The summed E-state index contributed by atoms with van der Waals surface area (Å²) >= 11 is 0. The fraction of sp³-hybridized carbons (Fsp3) is 0.429. The molecule has 0 radical (unpaired) electrons. The molecule has 2 heterocycles. The first kappa shape index (κ1) is 18.5. The molecule has 1 aliphatic heterocycles. The van der Waals surface area contributed by atoms with E-state index < -0.39 is 5.60 Å². The number of carbonyl (C=O) groups is 1. The number of aliphatic hydroxyl groups is 1. The Balaban J connectivity index is 1.64. The van der Waals surface area contributed by atoms with E-state index in [-0.39, 0.29) is 5.91 Å². The van der Waals surface area contributed by atoms with Crippen LogP contribution in [0.25, 0.3) is 0 Å². The van der Waals surface area contributed by atoms with E-state index in [1.165, 1.54) is 5.56 Å². The molecule has 1 fully saturated rings. The van der Waals surface area contributed by atoms with Crippen LogP contribution in [-0.4, -0.2) is 57.6 Å². The van der Waals surface area contributed by atoms with Crippen LogP contribution >= 0.6 is 0 Å². The summed E-state index contributed by atoms with van der Waals surface area (Å²) < 4.78 is 0. The van der Waals surface area contributed by atoms with Crippen molar-refractivity contribution in [1.82, 2.24) is 14.8 Å². The molecule has 26 heavy (non-hydrogen) atoms. The van der Waals surface area contributed by atoms with E-state index in [0.717, 1.165) is 24.2 Å². The Bertz CT molecular complexity index is 750. The van der Waals surface area contributed by atoms with Gasteiger partial charge in [0.1, 0.15) is 0 Å². The average molecular weight is 353 g/mol. The molecule has 5 nitrogen and oxygen atoms in total. The van der Waals surface area contributed by atoms with Gasteiger partial charge in [0.05, 0.1) is 12.1 Å². The van der Waals surface area contributed by atoms with E-state index in [0.29, 0.717) is 26.1 Å². The van der Waals surface area contributed by atoms with Crippen molar-refractivity contribution in [2.24, 2.45) is 0 Å². The maximum atomic E-state index is 12.8. The van der Waals surface area contributed by atoms with Crippen molar-refractivity contribution in [3.8, 4) is 0 Å². The second-order valence-electron chi connectivity index (χ2n) is 7.17. The number of carbonyl (C=O) groups excluding carboxylic acids is 1. The first-order valence-corrected chi connectivity index (χ1v) is 9.19. The maximum Gasteiger partial charge on any atom is 0.254 e. The molecule has 1 aromatic heterocycles. The van der Waals surface area contributed by atoms with Crippen molar-refractivity contribution in [1.29, 1.82) is 0 Å². The van der Waals surface area contributed by atoms with E-state index in [4.69, 9.17) is 0 Å². The fourth-order valence-electron chi connectivity index (χ4n) is 3.58. The van der Waals surface area contributed by atoms with Gasteiger partial charge in [-0.3, -0.25) is 14.7 Å². The molecule has 0 unspecified atom stereocenters. The van der Waals surface area contributed by atoms with Crippen LogP contribution in [0.15, 0.2) is 48.8 Å². The largest absolute Gasteiger partial charge is 0.387 e. The Morgan fingerprint density at radius 1 is 1.27 bits per heavy atom. The number of rotatable bonds is 6. The number of likely N-dealkylation sites (tertiary alicyclic amines) is 1. The number of hydrogen-bond donors (Lipinski definition) is 1. The van der Waals surface area contributed by atoms with Gasteiger partial charge in [0, 0.05) is 37.6 Å². The number of amides is 1. The monoisotopic (exact) mass is 353 g/mol. The molecule has 0 bridgehead atoms. The third kappa shape index (κ3) is 4.29. The third-order valence-electron chi connectivity index (χ3n) is 5.12. The van der Waals surface area contributed by atoms with Gasteiger partial charge in [0.15, 0.2) is 0 Å². The number of aryl methyl sites for hydroxylation is 1. The molecule has 0 spiro atoms. The van der Waals surface area contributed by atoms with E-state index in [2.05, 4.69) is 16.8 Å². The van der Waals surface area contributed by atoms with E-state index in [1.54, 1.807) is 17.3 Å². The van der Waals surface area contributed by atoms with E-state index in [1.807, 2.05) is 43.3 Å². The van der Waals surface area contributed by atoms with Crippen LogP contribution in [0.1, 0.15) is 34.8 Å². The van der Waals surface area contributed by atoms with Gasteiger partial charge in [-0.25, -0.2) is 0 Å². The zero-order chi connectivity index (χ0) is 18.6. The summed E-state index contributed by atoms with van der Waals surface area (Å²) in [7, 11) is 0. The SMILES string of the molecule is CCN(Cc1ccncc1)C[C@]1(O)CCN(C(=O)c2ccccc2C)C1. The highest BCUT2D eigenvalue weighted by Crippen LogP contribution is 2.25. The number of pyridine rings is 1. The zero-order valence-electron chi connectivity index (χ0n) is 15.6. The van der Waals surface area contributed by atoms with Crippen molar-refractivity contribution < 1.29 is 9.90 Å². The molecule has 0 aliphatic carbocycles. The van der Waals surface area contributed by atoms with Crippen LogP contribution in [0.2, 0.25) is 0 Å². The molecule has 1 aliphatic rings. The summed E-state index contributed by atoms with van der Waals surface area (Å²) in [5.41, 5.74) is 2.01. The Hall–Kier alpha value is -2.24. The Morgan fingerprint density at radius 3 is 2.69 bits per heavy atom. The average Bonchev–Trinajstić information content (AvgIpc) is 3.04. The Kier molecular flexibility index (Phi) is 5.69. The third-order valence-corrected chi connectivity index (χ3v) is 5.12. The van der Waals surface area contributed by atoms with Gasteiger partial charge in [-0.15, -0.1) is 0 Å². The molecule has 2 aromatic rings. The lowest BCUT2D eigenvalue weighted by molar-refractivity contribution is 0.0108. The molecule has 5 heteroatoms. The van der Waals surface area contributed by atoms with Crippen molar-refractivity contribution in [3.63, 3.8) is 0 Å². The minimum Gasteiger partial charge on any atom is -0.387 e. The minimum absolute atomic E-state index is 0.0104. The standard InChI is InChI=1S/C21H27N3O2/c1-3-23(14-18-8-11-22-12-9-18)15-21(26)10-13-24(16-21)20(25)19-7-5-4-6-17(19)2/h4-9,11-12,26H,3,10,13-16H2,1-2H3/t21-/m1/s1. The summed E-state index contributed by atoms with van der Waals surface area (Å²) in [5, 5.41) is 11.1. The quantitative estimate of drug-likeness (QED) is 0.867. The van der Waals surface area contributed by atoms with Crippen LogP contribution in [0.4, 0.5) is 0 Å². The Morgan fingerprint density at radius 2 is 2.00 bits per heavy atom. The number of hydrogen-bond acceptors (Lipinski definition) is 4. The van der Waals surface area contributed by atoms with E-state index >= 15 is 0 Å². The lowest BCUT2D eigenvalue weighted by atomic mass is 10.0. The first-order chi connectivity index (χ1) is 12.5. The predicted molar refractivity (Wildman–Crippen MR) is 102 cm³/mol. The van der Waals surface area contributed by atoms with E-state index in [9.17, 15) is 9.90 Å². The number of aromatic nitrogens is 1. The number of nitrogens with zero attached hydrogens (tertiary/aromatic N) is 3. The summed E-state index contributed by atoms with van der Waals surface area (Å²) in [6, 6.07) is 11.6. The molecule has 3 rings (SSSR count). The Labute approximate surface area is 155 Å². The molecule has 0 saturated carbocycles. The lowest BCUT2D eigenvalue weighted by Crippen LogP contribution is -2.45. The smallest absolute Gasteiger partial charge is 0.254 e. The second kappa shape index (κ2) is 7.98. The van der Waals surface area contributed by atoms with Gasteiger partial charge in [-0.05, 0) is 49.2 Å². The van der Waals surface area contributed by atoms with Crippen LogP contribution in [-0.2, 0) is 6.54 Å². The topological polar surface area (TPSA) is 56.7 Å². The molecule has 1 atom stereocenters. The summed E-state index contributed by atoms with van der Waals surface area (Å²) in [5.74, 6) is 0.0104. The molecule has 1 N–H and O–H groups in total. The normalized spacial score (nSPS) is 19.9. The van der Waals surface area contributed by atoms with Crippen LogP contribution in [0, 0.1) is 6.92 Å². The molecule has 1 aromatic carbocycles. The van der Waals surface area contributed by atoms with Gasteiger partial charge in [0.2, 0.25) is 0 Å². The first-order valence-electron chi connectivity index (χ1n) is 9.19. The van der Waals surface area contributed by atoms with Crippen molar-refractivity contribution in [2.75, 3.05) is 26.2 Å². The molecular weight excluding hydrogens is 326 g/mol. The maximum absolute atomic E-state index is 12.8. The van der Waals surface area contributed by atoms with Gasteiger partial charge in [0.25, 0.3) is 5.91 Å². The molecular formula is C21H27N3O2. The van der Waals surface area contributed by atoms with Crippen molar-refractivity contribution in [3.05, 3.63) is 65.5 Å². The van der Waals surface area contributed by atoms with Crippen LogP contribution in [0.5, 0.6) is 0 Å². The number of β-amino-alcohol motifs (C(OH)–C–C–N with tert-alkyl or cyclic N) is 1. The predicted octanol–water partition coefficient (Wildman–Crippen LogP) is 2.49. The lowest BCUT2D eigenvalue weighted by Gasteiger charge is -2.31. The number of benzene rings is 1. The summed E-state index contributed by atoms with van der Waals surface area (Å²) in [4.78, 5) is 20.8. The van der Waals surface area contributed by atoms with Gasteiger partial charge >= 0.3 is 0 Å². The fourth-order valence-corrected chi connectivity index (χ4v) is 3.58. The second-order valence-corrected chi connectivity index (χ2v) is 7.17. The molecule has 138 valence electrons. The highest BCUT2D eigenvalue weighted by Gasteiger charge is 2.39. The zero-order valence-corrected chi connectivity index (χ0v) is 15.6. The summed E-state index contributed by atoms with van der Waals surface area (Å²) in [6.07, 6.45) is 4.18. The number of likely N-dealkylation sites (N-methyl/N-ethyl adjacent to an activating group) is 1. The minimum atomic E-state index is -0.860.